The van der Waals surface area contributed by atoms with Crippen LogP contribution in [0.25, 0.3) is 10.9 Å². The second kappa shape index (κ2) is 2.87. The summed E-state index contributed by atoms with van der Waals surface area (Å²) in [6.45, 7) is 3.74. The zero-order valence-electron chi connectivity index (χ0n) is 6.99. The van der Waals surface area contributed by atoms with Crippen molar-refractivity contribution in [3.63, 3.8) is 0 Å². The zero-order valence-corrected chi connectivity index (χ0v) is 6.99. The summed E-state index contributed by atoms with van der Waals surface area (Å²) >= 11 is 0. The summed E-state index contributed by atoms with van der Waals surface area (Å²) in [6, 6.07) is 11.3. The highest BCUT2D eigenvalue weighted by atomic mass is 14.7. The summed E-state index contributed by atoms with van der Waals surface area (Å²) in [7, 11) is 0. The summed E-state index contributed by atoms with van der Waals surface area (Å²) in [6.07, 6.45) is 0. The van der Waals surface area contributed by atoms with Crippen molar-refractivity contribution in [2.75, 3.05) is 0 Å². The first kappa shape index (κ1) is 7.75. The van der Waals surface area contributed by atoms with Gasteiger partial charge in [0.15, 0.2) is 0 Å². The molecule has 0 aliphatic carbocycles. The molecular weight excluding hydrogens is 160 g/mol. The number of nitrogens with zero attached hydrogens (tertiary/aromatic N) is 2. The first-order valence-electron chi connectivity index (χ1n) is 3.92. The van der Waals surface area contributed by atoms with Gasteiger partial charge in [0.05, 0.1) is 17.1 Å². The molecule has 2 heteroatoms. The third kappa shape index (κ3) is 1.36. The van der Waals surface area contributed by atoms with Crippen LogP contribution in [0.1, 0.15) is 11.3 Å². The van der Waals surface area contributed by atoms with Crippen LogP contribution < -0.4 is 0 Å². The van der Waals surface area contributed by atoms with Gasteiger partial charge in [0.25, 0.3) is 0 Å². The van der Waals surface area contributed by atoms with Crippen molar-refractivity contribution in [2.24, 2.45) is 0 Å². The van der Waals surface area contributed by atoms with Gasteiger partial charge in [-0.1, -0.05) is 6.07 Å². The number of rotatable bonds is 0. The Labute approximate surface area is 76.5 Å². The molecule has 61 valence electrons. The molecule has 1 heterocycles. The van der Waals surface area contributed by atoms with Gasteiger partial charge in [-0.05, 0) is 31.2 Å². The molecule has 1 aromatic heterocycles. The number of fused-ring (bicyclic) bond motifs is 1. The molecule has 0 bridgehead atoms. The first-order valence-corrected chi connectivity index (χ1v) is 3.92. The zero-order chi connectivity index (χ0) is 9.26. The number of aromatic nitrogens is 1. The second-order valence-electron chi connectivity index (χ2n) is 2.82. The Hall–Kier alpha value is -1.88. The van der Waals surface area contributed by atoms with Crippen LogP contribution in [-0.4, -0.2) is 4.98 Å². The van der Waals surface area contributed by atoms with E-state index in [1.165, 1.54) is 0 Å². The lowest BCUT2D eigenvalue weighted by atomic mass is 10.1. The van der Waals surface area contributed by atoms with E-state index in [9.17, 15) is 0 Å². The lowest BCUT2D eigenvalue weighted by Gasteiger charge is -1.97. The van der Waals surface area contributed by atoms with Crippen molar-refractivity contribution in [1.82, 2.24) is 4.98 Å². The summed E-state index contributed by atoms with van der Waals surface area (Å²) in [5.41, 5.74) is 2.29. The quantitative estimate of drug-likeness (QED) is 0.603. The molecule has 0 spiro atoms. The second-order valence-corrected chi connectivity index (χ2v) is 2.82. The highest BCUT2D eigenvalue weighted by Gasteiger charge is 1.96. The molecule has 2 aromatic rings. The van der Waals surface area contributed by atoms with Gasteiger partial charge in [-0.25, -0.2) is 0 Å². The van der Waals surface area contributed by atoms with E-state index < -0.39 is 0 Å². The molecule has 0 N–H and O–H groups in total. The molecule has 2 nitrogen and oxygen atoms in total. The van der Waals surface area contributed by atoms with Crippen LogP contribution in [0.15, 0.2) is 30.3 Å². The van der Waals surface area contributed by atoms with E-state index in [1.807, 2.05) is 24.3 Å². The number of hydrogen-bond acceptors (Lipinski definition) is 2. The molecule has 0 saturated carbocycles. The molecule has 0 aliphatic heterocycles. The maximum Gasteiger partial charge on any atom is 0.0991 e. The van der Waals surface area contributed by atoms with Crippen LogP contribution in [0.3, 0.4) is 0 Å². The normalized spacial score (nSPS) is 9.85. The average molecular weight is 167 g/mol. The van der Waals surface area contributed by atoms with Crippen LogP contribution in [0.5, 0.6) is 0 Å². The molecule has 0 atom stereocenters. The van der Waals surface area contributed by atoms with Gasteiger partial charge in [-0.3, -0.25) is 4.98 Å². The van der Waals surface area contributed by atoms with E-state index in [0.29, 0.717) is 5.56 Å². The van der Waals surface area contributed by atoms with E-state index >= 15 is 0 Å². The fourth-order valence-electron chi connectivity index (χ4n) is 1.24. The van der Waals surface area contributed by atoms with Gasteiger partial charge in [-0.2, -0.15) is 5.26 Å². The molecule has 1 radical (unpaired) electrons. The van der Waals surface area contributed by atoms with Gasteiger partial charge in [0.1, 0.15) is 0 Å². The number of hydrogen-bond donors (Lipinski definition) is 0. The highest BCUT2D eigenvalue weighted by molar-refractivity contribution is 5.80. The van der Waals surface area contributed by atoms with Crippen molar-refractivity contribution in [1.29, 1.82) is 5.26 Å². The number of pyridine rings is 1. The van der Waals surface area contributed by atoms with Gasteiger partial charge < -0.3 is 0 Å². The Morgan fingerprint density at radius 2 is 2.08 bits per heavy atom. The summed E-state index contributed by atoms with van der Waals surface area (Å²) in [5.74, 6) is 0. The van der Waals surface area contributed by atoms with E-state index in [2.05, 4.69) is 18.0 Å². The molecule has 0 saturated heterocycles. The SMILES string of the molecule is [CH2]c1ccc2cc(C#N)ccc2n1. The van der Waals surface area contributed by atoms with Crippen molar-refractivity contribution in [3.05, 3.63) is 48.5 Å². The first-order chi connectivity index (χ1) is 6.29. The van der Waals surface area contributed by atoms with Gasteiger partial charge in [0, 0.05) is 11.1 Å². The van der Waals surface area contributed by atoms with Crippen molar-refractivity contribution in [2.45, 2.75) is 0 Å². The van der Waals surface area contributed by atoms with Crippen molar-refractivity contribution >= 4 is 10.9 Å². The topological polar surface area (TPSA) is 36.7 Å². The maximum atomic E-state index is 8.67. The predicted molar refractivity (Wildman–Crippen MR) is 50.9 cm³/mol. The third-order valence-electron chi connectivity index (χ3n) is 1.88. The standard InChI is InChI=1S/C11H7N2/c1-8-2-4-10-6-9(7-12)3-5-11(10)13-8/h2-6H,1H2. The monoisotopic (exact) mass is 167 g/mol. The number of nitriles is 1. The van der Waals surface area contributed by atoms with Crippen LogP contribution in [0, 0.1) is 18.3 Å². The van der Waals surface area contributed by atoms with Crippen LogP contribution in [0.2, 0.25) is 0 Å². The molecule has 0 unspecified atom stereocenters. The van der Waals surface area contributed by atoms with Gasteiger partial charge >= 0.3 is 0 Å². The molecule has 0 aliphatic rings. The van der Waals surface area contributed by atoms with E-state index in [1.54, 1.807) is 6.07 Å². The third-order valence-corrected chi connectivity index (χ3v) is 1.88. The average Bonchev–Trinajstić information content (AvgIpc) is 2.17. The van der Waals surface area contributed by atoms with Gasteiger partial charge in [0.2, 0.25) is 0 Å². The maximum absolute atomic E-state index is 8.67. The van der Waals surface area contributed by atoms with E-state index in [-0.39, 0.29) is 0 Å². The largest absolute Gasteiger partial charge is 0.253 e. The van der Waals surface area contributed by atoms with Crippen LogP contribution in [0.4, 0.5) is 0 Å². The summed E-state index contributed by atoms with van der Waals surface area (Å²) in [4.78, 5) is 4.23. The Balaban J connectivity index is 2.75. The molecule has 0 fully saturated rings. The summed E-state index contributed by atoms with van der Waals surface area (Å²) in [5, 5.41) is 9.65. The Kier molecular flexibility index (Phi) is 1.71. The van der Waals surface area contributed by atoms with Crippen LogP contribution in [-0.2, 0) is 0 Å². The number of benzene rings is 1. The minimum Gasteiger partial charge on any atom is -0.253 e. The molecule has 13 heavy (non-hydrogen) atoms. The lowest BCUT2D eigenvalue weighted by Crippen LogP contribution is -1.83. The molecular formula is C11H7N2. The minimum absolute atomic E-state index is 0.658. The van der Waals surface area contributed by atoms with Crippen LogP contribution >= 0.6 is 0 Å². The van der Waals surface area contributed by atoms with Gasteiger partial charge in [-0.15, -0.1) is 0 Å². The fourth-order valence-corrected chi connectivity index (χ4v) is 1.24. The lowest BCUT2D eigenvalue weighted by molar-refractivity contribution is 1.34. The molecule has 0 amide bonds. The Bertz CT molecular complexity index is 495. The predicted octanol–water partition coefficient (Wildman–Crippen LogP) is 2.29. The fraction of sp³-hybridized carbons (Fsp3) is 0. The van der Waals surface area contributed by atoms with Crippen molar-refractivity contribution < 1.29 is 0 Å². The highest BCUT2D eigenvalue weighted by Crippen LogP contribution is 2.13. The Morgan fingerprint density at radius 1 is 1.23 bits per heavy atom. The minimum atomic E-state index is 0.658. The molecule has 1 aromatic carbocycles. The summed E-state index contributed by atoms with van der Waals surface area (Å²) < 4.78 is 0. The van der Waals surface area contributed by atoms with E-state index in [0.717, 1.165) is 16.6 Å². The van der Waals surface area contributed by atoms with Crippen molar-refractivity contribution in [3.8, 4) is 6.07 Å². The molecule has 2 rings (SSSR count). The smallest absolute Gasteiger partial charge is 0.0991 e. The Morgan fingerprint density at radius 3 is 2.85 bits per heavy atom. The van der Waals surface area contributed by atoms with E-state index in [4.69, 9.17) is 5.26 Å².